The summed E-state index contributed by atoms with van der Waals surface area (Å²) in [7, 11) is 0. The molecule has 0 aliphatic heterocycles. The molecule has 0 aliphatic rings. The molecule has 2 heterocycles. The van der Waals surface area contributed by atoms with Gasteiger partial charge in [-0.15, -0.1) is 0 Å². The van der Waals surface area contributed by atoms with Crippen LogP contribution < -0.4 is 0 Å². The highest BCUT2D eigenvalue weighted by molar-refractivity contribution is 5.72. The molecule has 2 aromatic carbocycles. The molecule has 0 spiro atoms. The summed E-state index contributed by atoms with van der Waals surface area (Å²) in [6.45, 7) is 0. The Hall–Kier alpha value is -4.47. The van der Waals surface area contributed by atoms with Crippen LogP contribution in [0.15, 0.2) is 73.1 Å². The van der Waals surface area contributed by atoms with Crippen LogP contribution >= 0.6 is 0 Å². The summed E-state index contributed by atoms with van der Waals surface area (Å²) in [4.78, 5) is 25.3. The largest absolute Gasteiger partial charge is 0.301 e. The molecule has 9 nitrogen and oxygen atoms in total. The molecule has 0 bridgehead atoms. The SMILES string of the molecule is O=[N+]([O-])c1ccc(-n2nc(-c3cccnc3)cc2-c2ccc(F)cc2)c([N+](=O)[O-])c1. The van der Waals surface area contributed by atoms with Gasteiger partial charge in [0, 0.05) is 29.6 Å². The fourth-order valence-electron chi connectivity index (χ4n) is 3.00. The average Bonchev–Trinajstić information content (AvgIpc) is 3.19. The molecule has 10 heteroatoms. The zero-order valence-corrected chi connectivity index (χ0v) is 15.2. The van der Waals surface area contributed by atoms with Crippen molar-refractivity contribution in [3.05, 3.63) is 99.1 Å². The van der Waals surface area contributed by atoms with E-state index in [2.05, 4.69) is 10.1 Å². The van der Waals surface area contributed by atoms with Gasteiger partial charge in [0.2, 0.25) is 0 Å². The van der Waals surface area contributed by atoms with E-state index in [0.717, 1.165) is 6.07 Å². The number of hydrogen-bond acceptors (Lipinski definition) is 6. The highest BCUT2D eigenvalue weighted by Crippen LogP contribution is 2.33. The molecule has 2 aromatic heterocycles. The molecule has 30 heavy (non-hydrogen) atoms. The number of non-ortho nitro benzene ring substituents is 1. The molecule has 0 fully saturated rings. The minimum atomic E-state index is -0.707. The third-order valence-corrected chi connectivity index (χ3v) is 4.40. The number of halogens is 1. The Morgan fingerprint density at radius 1 is 0.900 bits per heavy atom. The number of nitro benzene ring substituents is 2. The topological polar surface area (TPSA) is 117 Å². The molecule has 0 unspecified atom stereocenters. The first kappa shape index (κ1) is 18.9. The maximum atomic E-state index is 13.4. The number of nitrogens with zero attached hydrogens (tertiary/aromatic N) is 5. The minimum Gasteiger partial charge on any atom is -0.264 e. The molecule has 4 rings (SSSR count). The molecule has 0 radical (unpaired) electrons. The van der Waals surface area contributed by atoms with Crippen molar-refractivity contribution in [1.82, 2.24) is 14.8 Å². The average molecular weight is 405 g/mol. The van der Waals surface area contributed by atoms with Gasteiger partial charge in [-0.3, -0.25) is 25.2 Å². The van der Waals surface area contributed by atoms with E-state index in [-0.39, 0.29) is 5.69 Å². The first-order valence-corrected chi connectivity index (χ1v) is 8.63. The van der Waals surface area contributed by atoms with Crippen molar-refractivity contribution < 1.29 is 14.2 Å². The van der Waals surface area contributed by atoms with Crippen LogP contribution in [0.25, 0.3) is 28.2 Å². The van der Waals surface area contributed by atoms with E-state index >= 15 is 0 Å². The van der Waals surface area contributed by atoms with E-state index in [1.54, 1.807) is 30.6 Å². The molecular formula is C20H12FN5O4. The van der Waals surface area contributed by atoms with E-state index < -0.39 is 27.0 Å². The molecule has 0 amide bonds. The van der Waals surface area contributed by atoms with Crippen LogP contribution in [-0.2, 0) is 0 Å². The molecule has 0 N–H and O–H groups in total. The monoisotopic (exact) mass is 405 g/mol. The predicted molar refractivity (Wildman–Crippen MR) is 105 cm³/mol. The minimum absolute atomic E-state index is 0.0417. The maximum absolute atomic E-state index is 13.4. The van der Waals surface area contributed by atoms with Crippen molar-refractivity contribution in [2.75, 3.05) is 0 Å². The number of hydrogen-bond donors (Lipinski definition) is 0. The fourth-order valence-corrected chi connectivity index (χ4v) is 3.00. The van der Waals surface area contributed by atoms with Gasteiger partial charge in [0.25, 0.3) is 5.69 Å². The van der Waals surface area contributed by atoms with E-state index in [4.69, 9.17) is 0 Å². The molecule has 148 valence electrons. The summed E-state index contributed by atoms with van der Waals surface area (Å²) in [6.07, 6.45) is 3.19. The van der Waals surface area contributed by atoms with Gasteiger partial charge in [0.05, 0.1) is 27.3 Å². The number of nitro groups is 2. The third kappa shape index (κ3) is 3.49. The highest BCUT2D eigenvalue weighted by atomic mass is 19.1. The molecule has 0 saturated heterocycles. The Morgan fingerprint density at radius 3 is 2.30 bits per heavy atom. The van der Waals surface area contributed by atoms with Crippen LogP contribution in [-0.4, -0.2) is 24.6 Å². The highest BCUT2D eigenvalue weighted by Gasteiger charge is 2.24. The fraction of sp³-hybridized carbons (Fsp3) is 0. The van der Waals surface area contributed by atoms with Crippen LogP contribution in [0.5, 0.6) is 0 Å². The first-order chi connectivity index (χ1) is 14.4. The summed E-state index contributed by atoms with van der Waals surface area (Å²) in [5.41, 5.74) is 1.32. The second-order valence-electron chi connectivity index (χ2n) is 6.26. The van der Waals surface area contributed by atoms with E-state index in [1.807, 2.05) is 0 Å². The van der Waals surface area contributed by atoms with Crippen LogP contribution in [0.4, 0.5) is 15.8 Å². The molecular weight excluding hydrogens is 393 g/mol. The van der Waals surface area contributed by atoms with Crippen molar-refractivity contribution in [2.45, 2.75) is 0 Å². The van der Waals surface area contributed by atoms with E-state index in [0.29, 0.717) is 22.5 Å². The van der Waals surface area contributed by atoms with Gasteiger partial charge in [-0.2, -0.15) is 5.10 Å². The molecule has 0 saturated carbocycles. The number of aromatic nitrogens is 3. The lowest BCUT2D eigenvalue weighted by Crippen LogP contribution is -2.04. The number of pyridine rings is 1. The van der Waals surface area contributed by atoms with Gasteiger partial charge in [-0.1, -0.05) is 0 Å². The zero-order valence-electron chi connectivity index (χ0n) is 15.2. The zero-order chi connectivity index (χ0) is 21.3. The second-order valence-corrected chi connectivity index (χ2v) is 6.26. The molecule has 4 aromatic rings. The van der Waals surface area contributed by atoms with Crippen LogP contribution in [0.1, 0.15) is 0 Å². The van der Waals surface area contributed by atoms with Gasteiger partial charge in [-0.25, -0.2) is 9.07 Å². The van der Waals surface area contributed by atoms with Crippen molar-refractivity contribution >= 4 is 11.4 Å². The molecule has 0 aliphatic carbocycles. The van der Waals surface area contributed by atoms with Crippen molar-refractivity contribution in [3.63, 3.8) is 0 Å². The summed E-state index contributed by atoms with van der Waals surface area (Å²) in [5.74, 6) is -0.432. The normalized spacial score (nSPS) is 10.7. The molecule has 0 atom stereocenters. The predicted octanol–water partition coefficient (Wildman–Crippen LogP) is 4.56. The van der Waals surface area contributed by atoms with Crippen LogP contribution in [0.3, 0.4) is 0 Å². The summed E-state index contributed by atoms with van der Waals surface area (Å²) < 4.78 is 14.7. The van der Waals surface area contributed by atoms with Crippen molar-refractivity contribution in [1.29, 1.82) is 0 Å². The number of rotatable bonds is 5. The second kappa shape index (κ2) is 7.51. The van der Waals surface area contributed by atoms with Crippen LogP contribution in [0, 0.1) is 26.0 Å². The smallest absolute Gasteiger partial charge is 0.264 e. The standard InChI is InChI=1S/C20H12FN5O4/c21-15-5-3-13(4-6-15)19-11-17(14-2-1-9-22-12-14)23-24(19)18-8-7-16(25(27)28)10-20(18)26(29)30/h1-12H. The summed E-state index contributed by atoms with van der Waals surface area (Å²) in [5, 5.41) is 27.1. The Labute approximate surface area is 168 Å². The lowest BCUT2D eigenvalue weighted by atomic mass is 10.1. The van der Waals surface area contributed by atoms with Crippen LogP contribution in [0.2, 0.25) is 0 Å². The van der Waals surface area contributed by atoms with Gasteiger partial charge in [0.15, 0.2) is 0 Å². The van der Waals surface area contributed by atoms with E-state index in [9.17, 15) is 24.6 Å². The Bertz CT molecular complexity index is 1260. The number of benzene rings is 2. The van der Waals surface area contributed by atoms with Gasteiger partial charge >= 0.3 is 5.69 Å². The van der Waals surface area contributed by atoms with Gasteiger partial charge < -0.3 is 0 Å². The lowest BCUT2D eigenvalue weighted by molar-refractivity contribution is -0.394. The summed E-state index contributed by atoms with van der Waals surface area (Å²) in [6, 6.07) is 14.1. The Morgan fingerprint density at radius 2 is 1.67 bits per heavy atom. The Balaban J connectivity index is 1.97. The summed E-state index contributed by atoms with van der Waals surface area (Å²) >= 11 is 0. The quantitative estimate of drug-likeness (QED) is 0.355. The third-order valence-electron chi connectivity index (χ3n) is 4.40. The van der Waals surface area contributed by atoms with Gasteiger partial charge in [-0.05, 0) is 48.5 Å². The lowest BCUT2D eigenvalue weighted by Gasteiger charge is -2.08. The first-order valence-electron chi connectivity index (χ1n) is 8.63. The van der Waals surface area contributed by atoms with E-state index in [1.165, 1.54) is 41.1 Å². The van der Waals surface area contributed by atoms with Crippen molar-refractivity contribution in [3.8, 4) is 28.2 Å². The van der Waals surface area contributed by atoms with Crippen molar-refractivity contribution in [2.24, 2.45) is 0 Å². The van der Waals surface area contributed by atoms with Gasteiger partial charge in [0.1, 0.15) is 11.5 Å². The Kier molecular flexibility index (Phi) is 4.72. The maximum Gasteiger partial charge on any atom is 0.301 e.